The number of hydrogen-bond donors (Lipinski definition) is 2. The summed E-state index contributed by atoms with van der Waals surface area (Å²) in [6.45, 7) is 3.23. The Bertz CT molecular complexity index is 704. The third-order valence-corrected chi connectivity index (χ3v) is 5.35. The number of aliphatic hydroxyl groups excluding tert-OH is 2. The van der Waals surface area contributed by atoms with E-state index in [4.69, 9.17) is 0 Å². The maximum absolute atomic E-state index is 12.6. The molecule has 0 aromatic heterocycles. The highest BCUT2D eigenvalue weighted by Crippen LogP contribution is 2.25. The normalized spacial score (nSPS) is 11.6. The first kappa shape index (κ1) is 15.7. The average Bonchev–Trinajstić information content (AvgIpc) is 2.47. The Labute approximate surface area is 124 Å². The maximum Gasteiger partial charge on any atom is 0.206 e. The van der Waals surface area contributed by atoms with Gasteiger partial charge in [0.25, 0.3) is 0 Å². The molecule has 2 N–H and O–H groups in total. The SMILES string of the molecule is Cc1ccc(S(=O)(=O)c2ccc(C)c(CO)c2)cc1CO. The van der Waals surface area contributed by atoms with E-state index in [2.05, 4.69) is 0 Å². The van der Waals surface area contributed by atoms with E-state index < -0.39 is 9.84 Å². The second-order valence-electron chi connectivity index (χ2n) is 5.00. The fourth-order valence-corrected chi connectivity index (χ4v) is 3.47. The lowest BCUT2D eigenvalue weighted by molar-refractivity contribution is 0.280. The Balaban J connectivity index is 2.56. The van der Waals surface area contributed by atoms with Crippen molar-refractivity contribution in [2.45, 2.75) is 36.9 Å². The molecule has 0 amide bonds. The summed E-state index contributed by atoms with van der Waals surface area (Å²) in [5.41, 5.74) is 2.86. The van der Waals surface area contributed by atoms with Crippen molar-refractivity contribution in [3.05, 3.63) is 58.7 Å². The Morgan fingerprint density at radius 2 is 1.19 bits per heavy atom. The summed E-state index contributed by atoms with van der Waals surface area (Å²) in [6, 6.07) is 9.40. The molecule has 5 heteroatoms. The van der Waals surface area contributed by atoms with Gasteiger partial charge in [0, 0.05) is 0 Å². The molecule has 0 fully saturated rings. The molecule has 0 unspecified atom stereocenters. The minimum absolute atomic E-state index is 0.143. The van der Waals surface area contributed by atoms with Crippen LogP contribution in [0.2, 0.25) is 0 Å². The van der Waals surface area contributed by atoms with Crippen LogP contribution in [-0.2, 0) is 23.1 Å². The van der Waals surface area contributed by atoms with Crippen molar-refractivity contribution in [1.29, 1.82) is 0 Å². The lowest BCUT2D eigenvalue weighted by atomic mass is 10.1. The molecule has 2 rings (SSSR count). The third-order valence-electron chi connectivity index (χ3n) is 3.60. The topological polar surface area (TPSA) is 74.6 Å². The predicted molar refractivity (Wildman–Crippen MR) is 79.7 cm³/mol. The Morgan fingerprint density at radius 1 is 0.810 bits per heavy atom. The molecule has 0 atom stereocenters. The zero-order valence-electron chi connectivity index (χ0n) is 12.0. The highest BCUT2D eigenvalue weighted by molar-refractivity contribution is 7.91. The summed E-state index contributed by atoms with van der Waals surface area (Å²) >= 11 is 0. The van der Waals surface area contributed by atoms with Crippen LogP contribution in [0.5, 0.6) is 0 Å². The first-order valence-electron chi connectivity index (χ1n) is 6.56. The molecule has 0 aliphatic carbocycles. The molecule has 0 heterocycles. The van der Waals surface area contributed by atoms with Gasteiger partial charge in [0.1, 0.15) is 0 Å². The average molecular weight is 306 g/mol. The zero-order chi connectivity index (χ0) is 15.6. The van der Waals surface area contributed by atoms with Crippen LogP contribution in [0.4, 0.5) is 0 Å². The predicted octanol–water partition coefficient (Wildman–Crippen LogP) is 2.12. The first-order valence-corrected chi connectivity index (χ1v) is 8.04. The minimum Gasteiger partial charge on any atom is -0.392 e. The van der Waals surface area contributed by atoms with E-state index in [-0.39, 0.29) is 23.0 Å². The van der Waals surface area contributed by atoms with Gasteiger partial charge in [-0.1, -0.05) is 12.1 Å². The Kier molecular flexibility index (Phi) is 4.46. The van der Waals surface area contributed by atoms with Crippen molar-refractivity contribution in [3.8, 4) is 0 Å². The third kappa shape index (κ3) is 3.00. The highest BCUT2D eigenvalue weighted by Gasteiger charge is 2.19. The highest BCUT2D eigenvalue weighted by atomic mass is 32.2. The van der Waals surface area contributed by atoms with E-state index in [1.54, 1.807) is 12.1 Å². The van der Waals surface area contributed by atoms with Crippen LogP contribution in [-0.4, -0.2) is 18.6 Å². The van der Waals surface area contributed by atoms with Gasteiger partial charge in [0.05, 0.1) is 23.0 Å². The lowest BCUT2D eigenvalue weighted by Gasteiger charge is -2.10. The largest absolute Gasteiger partial charge is 0.392 e. The molecular weight excluding hydrogens is 288 g/mol. The molecule has 0 bridgehead atoms. The van der Waals surface area contributed by atoms with Gasteiger partial charge in [-0.05, 0) is 60.4 Å². The van der Waals surface area contributed by atoms with Crippen LogP contribution in [0.25, 0.3) is 0 Å². The summed E-state index contributed by atoms with van der Waals surface area (Å²) in [5.74, 6) is 0. The number of aryl methyl sites for hydroxylation is 2. The van der Waals surface area contributed by atoms with Crippen LogP contribution in [0, 0.1) is 13.8 Å². The monoisotopic (exact) mass is 306 g/mol. The van der Waals surface area contributed by atoms with Gasteiger partial charge in [0.15, 0.2) is 0 Å². The standard InChI is InChI=1S/C16H18O4S/c1-11-3-5-15(7-13(11)9-17)21(19,20)16-6-4-12(2)14(8-16)10-18/h3-8,17-18H,9-10H2,1-2H3. The number of hydrogen-bond acceptors (Lipinski definition) is 4. The molecule has 112 valence electrons. The molecule has 0 saturated heterocycles. The van der Waals surface area contributed by atoms with E-state index in [0.717, 1.165) is 11.1 Å². The van der Waals surface area contributed by atoms with Gasteiger partial charge < -0.3 is 10.2 Å². The molecular formula is C16H18O4S. The first-order chi connectivity index (χ1) is 9.90. The number of aliphatic hydroxyl groups is 2. The van der Waals surface area contributed by atoms with Gasteiger partial charge in [-0.2, -0.15) is 0 Å². The van der Waals surface area contributed by atoms with Crippen LogP contribution in [0.3, 0.4) is 0 Å². The second-order valence-corrected chi connectivity index (χ2v) is 6.95. The van der Waals surface area contributed by atoms with Crippen molar-refractivity contribution >= 4 is 9.84 Å². The van der Waals surface area contributed by atoms with Crippen molar-refractivity contribution in [1.82, 2.24) is 0 Å². The van der Waals surface area contributed by atoms with Crippen LogP contribution < -0.4 is 0 Å². The molecule has 0 aliphatic heterocycles. The molecule has 0 saturated carbocycles. The maximum atomic E-state index is 12.6. The molecule has 2 aromatic rings. The van der Waals surface area contributed by atoms with Crippen LogP contribution >= 0.6 is 0 Å². The molecule has 2 aromatic carbocycles. The van der Waals surface area contributed by atoms with Crippen molar-refractivity contribution in [2.75, 3.05) is 0 Å². The fraction of sp³-hybridized carbons (Fsp3) is 0.250. The quantitative estimate of drug-likeness (QED) is 0.907. The summed E-state index contributed by atoms with van der Waals surface area (Å²) in [4.78, 5) is 0.287. The van der Waals surface area contributed by atoms with E-state index in [1.165, 1.54) is 24.3 Å². The second kappa shape index (κ2) is 5.97. The summed E-state index contributed by atoms with van der Waals surface area (Å²) in [7, 11) is -3.66. The van der Waals surface area contributed by atoms with Crippen LogP contribution in [0.1, 0.15) is 22.3 Å². The molecule has 4 nitrogen and oxygen atoms in total. The fourth-order valence-electron chi connectivity index (χ4n) is 2.11. The molecule has 0 spiro atoms. The van der Waals surface area contributed by atoms with E-state index in [9.17, 15) is 18.6 Å². The van der Waals surface area contributed by atoms with Crippen molar-refractivity contribution < 1.29 is 18.6 Å². The number of rotatable bonds is 4. The molecule has 0 radical (unpaired) electrons. The molecule has 21 heavy (non-hydrogen) atoms. The smallest absolute Gasteiger partial charge is 0.206 e. The Hall–Kier alpha value is -1.69. The van der Waals surface area contributed by atoms with E-state index in [0.29, 0.717) is 11.1 Å². The van der Waals surface area contributed by atoms with Crippen LogP contribution in [0.15, 0.2) is 46.2 Å². The van der Waals surface area contributed by atoms with Gasteiger partial charge >= 0.3 is 0 Å². The summed E-state index contributed by atoms with van der Waals surface area (Å²) < 4.78 is 25.3. The molecule has 0 aliphatic rings. The minimum atomic E-state index is -3.66. The van der Waals surface area contributed by atoms with E-state index in [1.807, 2.05) is 13.8 Å². The van der Waals surface area contributed by atoms with Gasteiger partial charge in [-0.3, -0.25) is 0 Å². The van der Waals surface area contributed by atoms with Gasteiger partial charge in [-0.15, -0.1) is 0 Å². The van der Waals surface area contributed by atoms with Gasteiger partial charge in [-0.25, -0.2) is 8.42 Å². The summed E-state index contributed by atoms with van der Waals surface area (Å²) in [5, 5.41) is 18.5. The van der Waals surface area contributed by atoms with E-state index >= 15 is 0 Å². The van der Waals surface area contributed by atoms with Gasteiger partial charge in [0.2, 0.25) is 9.84 Å². The number of sulfone groups is 1. The van der Waals surface area contributed by atoms with Crippen molar-refractivity contribution in [2.24, 2.45) is 0 Å². The van der Waals surface area contributed by atoms with Crippen molar-refractivity contribution in [3.63, 3.8) is 0 Å². The zero-order valence-corrected chi connectivity index (χ0v) is 12.8. The lowest BCUT2D eigenvalue weighted by Crippen LogP contribution is -2.05. The summed E-state index contributed by atoms with van der Waals surface area (Å²) in [6.07, 6.45) is 0. The Morgan fingerprint density at radius 3 is 1.52 bits per heavy atom. The number of benzene rings is 2.